The maximum Gasteiger partial charge on any atom is 0.137 e. The van der Waals surface area contributed by atoms with E-state index in [1.807, 2.05) is 13.1 Å². The number of anilines is 1. The zero-order valence-corrected chi connectivity index (χ0v) is 11.5. The standard InChI is InChI=1S/C13H16ClN5/c1-8-11(14)18-13(9-2-3-9)19-12(8)16-5-4-10-6-15-7-17-10/h6-7,9H,2-5H2,1H3,(H,15,17)(H,16,18,19). The van der Waals surface area contributed by atoms with E-state index in [-0.39, 0.29) is 0 Å². The van der Waals surface area contributed by atoms with Crippen LogP contribution < -0.4 is 5.32 Å². The lowest BCUT2D eigenvalue weighted by molar-refractivity contribution is 0.901. The number of imidazole rings is 1. The van der Waals surface area contributed by atoms with Crippen molar-refractivity contribution in [1.29, 1.82) is 0 Å². The van der Waals surface area contributed by atoms with Crippen LogP contribution in [0.25, 0.3) is 0 Å². The molecule has 2 N–H and O–H groups in total. The lowest BCUT2D eigenvalue weighted by Gasteiger charge is -2.10. The number of hydrogen-bond acceptors (Lipinski definition) is 4. The molecule has 0 amide bonds. The molecule has 0 spiro atoms. The van der Waals surface area contributed by atoms with E-state index in [2.05, 4.69) is 25.3 Å². The van der Waals surface area contributed by atoms with E-state index in [1.165, 1.54) is 12.8 Å². The highest BCUT2D eigenvalue weighted by molar-refractivity contribution is 6.30. The van der Waals surface area contributed by atoms with Gasteiger partial charge in [-0.3, -0.25) is 0 Å². The van der Waals surface area contributed by atoms with Crippen molar-refractivity contribution in [2.24, 2.45) is 0 Å². The first-order chi connectivity index (χ1) is 9.24. The molecular formula is C13H16ClN5. The molecule has 100 valence electrons. The number of aromatic amines is 1. The van der Waals surface area contributed by atoms with E-state index in [1.54, 1.807) is 6.33 Å². The minimum Gasteiger partial charge on any atom is -0.369 e. The van der Waals surface area contributed by atoms with Gasteiger partial charge in [0.15, 0.2) is 0 Å². The average molecular weight is 278 g/mol. The highest BCUT2D eigenvalue weighted by atomic mass is 35.5. The van der Waals surface area contributed by atoms with E-state index >= 15 is 0 Å². The van der Waals surface area contributed by atoms with Crippen molar-refractivity contribution in [3.8, 4) is 0 Å². The normalized spacial score (nSPS) is 14.6. The minimum atomic E-state index is 0.506. The second-order valence-electron chi connectivity index (χ2n) is 4.87. The topological polar surface area (TPSA) is 66.5 Å². The summed E-state index contributed by atoms with van der Waals surface area (Å²) in [5.41, 5.74) is 2.02. The number of aromatic nitrogens is 4. The van der Waals surface area contributed by atoms with Crippen LogP contribution in [0.4, 0.5) is 5.82 Å². The third-order valence-corrected chi connectivity index (χ3v) is 3.66. The van der Waals surface area contributed by atoms with Crippen LogP contribution in [0, 0.1) is 6.92 Å². The number of rotatable bonds is 5. The molecule has 5 nitrogen and oxygen atoms in total. The third kappa shape index (κ3) is 2.87. The Kier molecular flexibility index (Phi) is 3.38. The molecule has 1 saturated carbocycles. The molecule has 1 aliphatic carbocycles. The van der Waals surface area contributed by atoms with Gasteiger partial charge in [0, 0.05) is 36.3 Å². The van der Waals surface area contributed by atoms with Gasteiger partial charge < -0.3 is 10.3 Å². The monoisotopic (exact) mass is 277 g/mol. The van der Waals surface area contributed by atoms with E-state index in [0.717, 1.165) is 35.9 Å². The van der Waals surface area contributed by atoms with Crippen LogP contribution in [0.2, 0.25) is 5.15 Å². The van der Waals surface area contributed by atoms with Crippen LogP contribution in [0.3, 0.4) is 0 Å². The summed E-state index contributed by atoms with van der Waals surface area (Å²) in [6.07, 6.45) is 6.74. The molecule has 0 unspecified atom stereocenters. The molecule has 0 aliphatic heterocycles. The van der Waals surface area contributed by atoms with E-state index in [4.69, 9.17) is 11.6 Å². The summed E-state index contributed by atoms with van der Waals surface area (Å²) in [4.78, 5) is 16.0. The summed E-state index contributed by atoms with van der Waals surface area (Å²) in [6, 6.07) is 0. The Labute approximate surface area is 116 Å². The van der Waals surface area contributed by atoms with Crippen molar-refractivity contribution >= 4 is 17.4 Å². The number of halogens is 1. The van der Waals surface area contributed by atoms with Gasteiger partial charge in [-0.05, 0) is 19.8 Å². The fourth-order valence-corrected chi connectivity index (χ4v) is 2.11. The Balaban J connectivity index is 1.69. The van der Waals surface area contributed by atoms with Gasteiger partial charge in [-0.1, -0.05) is 11.6 Å². The summed E-state index contributed by atoms with van der Waals surface area (Å²) in [6.45, 7) is 2.73. The fraction of sp³-hybridized carbons (Fsp3) is 0.462. The number of hydrogen-bond donors (Lipinski definition) is 2. The van der Waals surface area contributed by atoms with E-state index in [0.29, 0.717) is 11.1 Å². The van der Waals surface area contributed by atoms with Crippen molar-refractivity contribution in [3.05, 3.63) is 34.8 Å². The number of nitrogens with one attached hydrogen (secondary N) is 2. The van der Waals surface area contributed by atoms with Gasteiger partial charge in [-0.25, -0.2) is 15.0 Å². The molecule has 2 aromatic rings. The summed E-state index contributed by atoms with van der Waals surface area (Å²) in [7, 11) is 0. The Bertz CT molecular complexity index is 563. The first-order valence-electron chi connectivity index (χ1n) is 6.49. The smallest absolute Gasteiger partial charge is 0.137 e. The molecule has 0 atom stereocenters. The van der Waals surface area contributed by atoms with Gasteiger partial charge in [0.1, 0.15) is 16.8 Å². The van der Waals surface area contributed by atoms with Crippen molar-refractivity contribution in [2.75, 3.05) is 11.9 Å². The average Bonchev–Trinajstić information content (AvgIpc) is 3.12. The summed E-state index contributed by atoms with van der Waals surface area (Å²) < 4.78 is 0. The highest BCUT2D eigenvalue weighted by Gasteiger charge is 2.27. The predicted octanol–water partition coefficient (Wildman–Crippen LogP) is 2.69. The highest BCUT2D eigenvalue weighted by Crippen LogP contribution is 2.39. The predicted molar refractivity (Wildman–Crippen MR) is 74.5 cm³/mol. The van der Waals surface area contributed by atoms with Crippen molar-refractivity contribution < 1.29 is 0 Å². The Morgan fingerprint density at radius 1 is 1.42 bits per heavy atom. The quantitative estimate of drug-likeness (QED) is 0.825. The number of H-pyrrole nitrogens is 1. The Hall–Kier alpha value is -1.62. The molecule has 0 bridgehead atoms. The van der Waals surface area contributed by atoms with Crippen LogP contribution >= 0.6 is 11.6 Å². The molecule has 0 aromatic carbocycles. The van der Waals surface area contributed by atoms with Crippen molar-refractivity contribution in [1.82, 2.24) is 19.9 Å². The fourth-order valence-electron chi connectivity index (χ4n) is 1.94. The van der Waals surface area contributed by atoms with Gasteiger partial charge in [-0.15, -0.1) is 0 Å². The minimum absolute atomic E-state index is 0.506. The molecular weight excluding hydrogens is 262 g/mol. The van der Waals surface area contributed by atoms with Gasteiger partial charge in [0.05, 0.1) is 6.33 Å². The van der Waals surface area contributed by atoms with Crippen molar-refractivity contribution in [3.63, 3.8) is 0 Å². The largest absolute Gasteiger partial charge is 0.369 e. The summed E-state index contributed by atoms with van der Waals surface area (Å²) >= 11 is 6.16. The molecule has 2 heterocycles. The summed E-state index contributed by atoms with van der Waals surface area (Å²) in [5.74, 6) is 2.23. The van der Waals surface area contributed by atoms with Crippen LogP contribution in [0.1, 0.15) is 35.8 Å². The molecule has 6 heteroatoms. The molecule has 2 aromatic heterocycles. The van der Waals surface area contributed by atoms with Gasteiger partial charge in [0.25, 0.3) is 0 Å². The summed E-state index contributed by atoms with van der Waals surface area (Å²) in [5, 5.41) is 3.89. The Morgan fingerprint density at radius 3 is 2.95 bits per heavy atom. The second-order valence-corrected chi connectivity index (χ2v) is 5.23. The van der Waals surface area contributed by atoms with E-state index in [9.17, 15) is 0 Å². The second kappa shape index (κ2) is 5.17. The zero-order chi connectivity index (χ0) is 13.2. The molecule has 1 aliphatic rings. The maximum atomic E-state index is 6.16. The van der Waals surface area contributed by atoms with Gasteiger partial charge in [-0.2, -0.15) is 0 Å². The lowest BCUT2D eigenvalue weighted by atomic mass is 10.3. The van der Waals surface area contributed by atoms with E-state index < -0.39 is 0 Å². The first kappa shape index (κ1) is 12.4. The van der Waals surface area contributed by atoms with Crippen molar-refractivity contribution in [2.45, 2.75) is 32.1 Å². The molecule has 0 radical (unpaired) electrons. The first-order valence-corrected chi connectivity index (χ1v) is 6.87. The van der Waals surface area contributed by atoms with Crippen LogP contribution in [0.5, 0.6) is 0 Å². The van der Waals surface area contributed by atoms with Crippen LogP contribution in [0.15, 0.2) is 12.5 Å². The molecule has 3 rings (SSSR count). The molecule has 19 heavy (non-hydrogen) atoms. The SMILES string of the molecule is Cc1c(Cl)nc(C2CC2)nc1NCCc1cnc[nH]1. The Morgan fingerprint density at radius 2 is 2.26 bits per heavy atom. The van der Waals surface area contributed by atoms with Crippen LogP contribution in [-0.2, 0) is 6.42 Å². The van der Waals surface area contributed by atoms with Gasteiger partial charge >= 0.3 is 0 Å². The lowest BCUT2D eigenvalue weighted by Crippen LogP contribution is -2.10. The zero-order valence-electron chi connectivity index (χ0n) is 10.8. The maximum absolute atomic E-state index is 6.16. The molecule has 1 fully saturated rings. The van der Waals surface area contributed by atoms with Gasteiger partial charge in [0.2, 0.25) is 0 Å². The third-order valence-electron chi connectivity index (χ3n) is 3.29. The van der Waals surface area contributed by atoms with Crippen LogP contribution in [-0.4, -0.2) is 26.5 Å². The molecule has 0 saturated heterocycles. The number of nitrogens with zero attached hydrogens (tertiary/aromatic N) is 3.